The SMILES string of the molecule is COc1ccc(-n2c(SCc3csc(-c4ccccc4)n3)nc3ccccc3c2=O)cc1OC. The van der Waals surface area contributed by atoms with Gasteiger partial charge in [0.2, 0.25) is 0 Å². The maximum atomic E-state index is 13.5. The lowest BCUT2D eigenvalue weighted by molar-refractivity contribution is 0.354. The van der Waals surface area contributed by atoms with E-state index in [9.17, 15) is 4.79 Å². The maximum absolute atomic E-state index is 13.5. The predicted octanol–water partition coefficient (Wildman–Crippen LogP) is 5.82. The fraction of sp³-hybridized carbons (Fsp3) is 0.115. The van der Waals surface area contributed by atoms with E-state index >= 15 is 0 Å². The summed E-state index contributed by atoms with van der Waals surface area (Å²) in [5.41, 5.74) is 3.22. The molecule has 0 unspecified atom stereocenters. The van der Waals surface area contributed by atoms with Crippen molar-refractivity contribution in [2.45, 2.75) is 10.9 Å². The van der Waals surface area contributed by atoms with Crippen LogP contribution in [0.15, 0.2) is 88.1 Å². The Morgan fingerprint density at radius 3 is 2.47 bits per heavy atom. The van der Waals surface area contributed by atoms with Crippen LogP contribution in [0.2, 0.25) is 0 Å². The van der Waals surface area contributed by atoms with Gasteiger partial charge in [0.25, 0.3) is 5.56 Å². The van der Waals surface area contributed by atoms with Gasteiger partial charge >= 0.3 is 0 Å². The topological polar surface area (TPSA) is 66.2 Å². The molecule has 0 fully saturated rings. The van der Waals surface area contributed by atoms with Crippen LogP contribution in [0.3, 0.4) is 0 Å². The van der Waals surface area contributed by atoms with Gasteiger partial charge in [-0.1, -0.05) is 54.2 Å². The summed E-state index contributed by atoms with van der Waals surface area (Å²) in [7, 11) is 3.16. The number of benzene rings is 3. The van der Waals surface area contributed by atoms with E-state index in [-0.39, 0.29) is 5.56 Å². The molecule has 8 heteroatoms. The van der Waals surface area contributed by atoms with E-state index < -0.39 is 0 Å². The molecule has 170 valence electrons. The number of thioether (sulfide) groups is 1. The number of nitrogens with zero attached hydrogens (tertiary/aromatic N) is 3. The molecular formula is C26H21N3O3S2. The Morgan fingerprint density at radius 2 is 1.68 bits per heavy atom. The number of rotatable bonds is 7. The van der Waals surface area contributed by atoms with Gasteiger partial charge in [-0.15, -0.1) is 11.3 Å². The average molecular weight is 488 g/mol. The molecule has 5 aromatic rings. The van der Waals surface area contributed by atoms with Gasteiger partial charge in [-0.05, 0) is 24.3 Å². The van der Waals surface area contributed by atoms with E-state index in [0.29, 0.717) is 39.0 Å². The Hall–Kier alpha value is -3.62. The smallest absolute Gasteiger partial charge is 0.266 e. The summed E-state index contributed by atoms with van der Waals surface area (Å²) in [4.78, 5) is 23.1. The number of aromatic nitrogens is 3. The lowest BCUT2D eigenvalue weighted by atomic mass is 10.2. The van der Waals surface area contributed by atoms with Crippen LogP contribution in [0, 0.1) is 0 Å². The molecule has 0 N–H and O–H groups in total. The van der Waals surface area contributed by atoms with E-state index in [1.807, 2.05) is 42.5 Å². The molecule has 6 nitrogen and oxygen atoms in total. The first-order valence-corrected chi connectivity index (χ1v) is 12.4. The molecule has 0 aliphatic carbocycles. The van der Waals surface area contributed by atoms with Gasteiger partial charge in [0.1, 0.15) is 5.01 Å². The van der Waals surface area contributed by atoms with Crippen molar-refractivity contribution in [2.75, 3.05) is 14.2 Å². The van der Waals surface area contributed by atoms with Crippen molar-refractivity contribution in [3.63, 3.8) is 0 Å². The van der Waals surface area contributed by atoms with Crippen molar-refractivity contribution in [1.82, 2.24) is 14.5 Å². The Morgan fingerprint density at radius 1 is 0.912 bits per heavy atom. The average Bonchev–Trinajstić information content (AvgIpc) is 3.37. The van der Waals surface area contributed by atoms with Crippen LogP contribution < -0.4 is 15.0 Å². The fourth-order valence-corrected chi connectivity index (χ4v) is 5.46. The van der Waals surface area contributed by atoms with Gasteiger partial charge < -0.3 is 9.47 Å². The summed E-state index contributed by atoms with van der Waals surface area (Å²) in [6.45, 7) is 0. The van der Waals surface area contributed by atoms with E-state index in [1.165, 1.54) is 11.8 Å². The summed E-state index contributed by atoms with van der Waals surface area (Å²) in [5, 5.41) is 4.17. The summed E-state index contributed by atoms with van der Waals surface area (Å²) >= 11 is 3.09. The Balaban J connectivity index is 1.54. The number of hydrogen-bond donors (Lipinski definition) is 0. The molecule has 3 aromatic carbocycles. The molecule has 0 saturated heterocycles. The third-order valence-electron chi connectivity index (χ3n) is 5.29. The third-order valence-corrected chi connectivity index (χ3v) is 7.20. The zero-order chi connectivity index (χ0) is 23.5. The standard InChI is InChI=1S/C26H21N3O3S2/c1-31-22-13-12-19(14-23(22)32-2)29-25(30)20-10-6-7-11-21(20)28-26(29)34-16-18-15-33-24(27-18)17-8-4-3-5-9-17/h3-15H,16H2,1-2H3. The Bertz CT molecular complexity index is 1510. The van der Waals surface area contributed by atoms with Crippen molar-refractivity contribution in [3.05, 3.63) is 94.2 Å². The van der Waals surface area contributed by atoms with Crippen molar-refractivity contribution in [2.24, 2.45) is 0 Å². The lowest BCUT2D eigenvalue weighted by Crippen LogP contribution is -2.21. The Labute approximate surface area is 204 Å². The number of hydrogen-bond acceptors (Lipinski definition) is 7. The van der Waals surface area contributed by atoms with Crippen LogP contribution in [0.4, 0.5) is 0 Å². The number of thiazole rings is 1. The van der Waals surface area contributed by atoms with Gasteiger partial charge in [-0.2, -0.15) is 0 Å². The molecule has 0 atom stereocenters. The van der Waals surface area contributed by atoms with Gasteiger partial charge in [0, 0.05) is 22.8 Å². The highest BCUT2D eigenvalue weighted by atomic mass is 32.2. The largest absolute Gasteiger partial charge is 0.493 e. The van der Waals surface area contributed by atoms with Crippen molar-refractivity contribution >= 4 is 34.0 Å². The zero-order valence-corrected chi connectivity index (χ0v) is 20.2. The van der Waals surface area contributed by atoms with E-state index in [0.717, 1.165) is 16.3 Å². The molecule has 0 bridgehead atoms. The molecule has 0 amide bonds. The van der Waals surface area contributed by atoms with Gasteiger partial charge in [0.15, 0.2) is 16.7 Å². The van der Waals surface area contributed by atoms with E-state index in [2.05, 4.69) is 17.5 Å². The van der Waals surface area contributed by atoms with Gasteiger partial charge in [-0.3, -0.25) is 9.36 Å². The summed E-state index contributed by atoms with van der Waals surface area (Å²) < 4.78 is 12.4. The number of fused-ring (bicyclic) bond motifs is 1. The zero-order valence-electron chi connectivity index (χ0n) is 18.6. The molecule has 0 radical (unpaired) electrons. The third kappa shape index (κ3) is 4.30. The highest BCUT2D eigenvalue weighted by molar-refractivity contribution is 7.98. The minimum Gasteiger partial charge on any atom is -0.493 e. The predicted molar refractivity (Wildman–Crippen MR) is 138 cm³/mol. The number of methoxy groups -OCH3 is 2. The van der Waals surface area contributed by atoms with E-state index in [4.69, 9.17) is 19.4 Å². The lowest BCUT2D eigenvalue weighted by Gasteiger charge is -2.15. The van der Waals surface area contributed by atoms with Crippen LogP contribution in [-0.4, -0.2) is 28.8 Å². The minimum absolute atomic E-state index is 0.136. The highest BCUT2D eigenvalue weighted by Crippen LogP contribution is 2.32. The first kappa shape index (κ1) is 22.2. The minimum atomic E-state index is -0.136. The van der Waals surface area contributed by atoms with Gasteiger partial charge in [0.05, 0.1) is 36.5 Å². The molecule has 0 aliphatic rings. The quantitative estimate of drug-likeness (QED) is 0.213. The normalized spacial score (nSPS) is 11.0. The second-order valence-electron chi connectivity index (χ2n) is 7.39. The Kier molecular flexibility index (Phi) is 6.33. The molecule has 34 heavy (non-hydrogen) atoms. The fourth-order valence-electron chi connectivity index (χ4n) is 3.63. The molecule has 2 heterocycles. The molecule has 5 rings (SSSR count). The van der Waals surface area contributed by atoms with Crippen LogP contribution >= 0.6 is 23.1 Å². The number of ether oxygens (including phenoxy) is 2. The summed E-state index contributed by atoms with van der Waals surface area (Å²) in [6.07, 6.45) is 0. The number of para-hydroxylation sites is 1. The molecule has 0 spiro atoms. The summed E-state index contributed by atoms with van der Waals surface area (Å²) in [6, 6.07) is 22.9. The van der Waals surface area contributed by atoms with Crippen LogP contribution in [0.25, 0.3) is 27.2 Å². The molecule has 0 aliphatic heterocycles. The van der Waals surface area contributed by atoms with Crippen LogP contribution in [0.1, 0.15) is 5.69 Å². The molecule has 0 saturated carbocycles. The maximum Gasteiger partial charge on any atom is 0.266 e. The second kappa shape index (κ2) is 9.70. The van der Waals surface area contributed by atoms with Crippen molar-refractivity contribution < 1.29 is 9.47 Å². The van der Waals surface area contributed by atoms with E-state index in [1.54, 1.807) is 48.3 Å². The van der Waals surface area contributed by atoms with Crippen molar-refractivity contribution in [1.29, 1.82) is 0 Å². The monoisotopic (exact) mass is 487 g/mol. The highest BCUT2D eigenvalue weighted by Gasteiger charge is 2.16. The van der Waals surface area contributed by atoms with Crippen LogP contribution in [-0.2, 0) is 5.75 Å². The molecular weight excluding hydrogens is 466 g/mol. The first-order valence-electron chi connectivity index (χ1n) is 10.5. The molecule has 2 aromatic heterocycles. The first-order chi connectivity index (χ1) is 16.7. The summed E-state index contributed by atoms with van der Waals surface area (Å²) in [5.74, 6) is 1.72. The van der Waals surface area contributed by atoms with Gasteiger partial charge in [-0.25, -0.2) is 9.97 Å². The van der Waals surface area contributed by atoms with Crippen LogP contribution in [0.5, 0.6) is 11.5 Å². The second-order valence-corrected chi connectivity index (χ2v) is 9.19. The van der Waals surface area contributed by atoms with Crippen molar-refractivity contribution in [3.8, 4) is 27.8 Å².